The molecule has 0 unspecified atom stereocenters. The summed E-state index contributed by atoms with van der Waals surface area (Å²) >= 11 is 0. The van der Waals surface area contributed by atoms with Crippen LogP contribution in [0.15, 0.2) is 55.5 Å². The number of carbonyl (C=O) groups is 1. The van der Waals surface area contributed by atoms with E-state index in [-0.39, 0.29) is 12.5 Å². The van der Waals surface area contributed by atoms with Crippen molar-refractivity contribution >= 4 is 11.4 Å². The number of alkyl halides is 3. The Morgan fingerprint density at radius 3 is 2.76 bits per heavy atom. The Labute approximate surface area is 140 Å². The summed E-state index contributed by atoms with van der Waals surface area (Å²) in [6.45, 7) is 3.53. The van der Waals surface area contributed by atoms with Crippen LogP contribution in [0, 0.1) is 0 Å². The highest BCUT2D eigenvalue weighted by Crippen LogP contribution is 2.30. The van der Waals surface area contributed by atoms with Crippen LogP contribution in [0.3, 0.4) is 0 Å². The third-order valence-corrected chi connectivity index (χ3v) is 3.53. The molecule has 0 bridgehead atoms. The average Bonchev–Trinajstić information content (AvgIpc) is 3.06. The second-order valence-corrected chi connectivity index (χ2v) is 5.23. The Kier molecular flexibility index (Phi) is 4.26. The molecular weight excluding hydrogens is 333 g/mol. The summed E-state index contributed by atoms with van der Waals surface area (Å²) in [5, 5.41) is 2.61. The lowest BCUT2D eigenvalue weighted by Gasteiger charge is -2.10. The smallest absolute Gasteiger partial charge is 0.347 e. The number of hydrogen-bond acceptors (Lipinski definition) is 3. The molecule has 1 N–H and O–H groups in total. The van der Waals surface area contributed by atoms with Gasteiger partial charge in [-0.2, -0.15) is 13.2 Å². The van der Waals surface area contributed by atoms with Gasteiger partial charge in [0.25, 0.3) is 0 Å². The van der Waals surface area contributed by atoms with Crippen molar-refractivity contribution in [2.24, 2.45) is 0 Å². The number of rotatable bonds is 4. The van der Waals surface area contributed by atoms with Gasteiger partial charge in [0.15, 0.2) is 0 Å². The zero-order valence-electron chi connectivity index (χ0n) is 12.9. The SMILES string of the molecule is C=CC(=O)NCc1cn2cccc2c(-c2ccc(C(F)(F)F)cn2)n1. The predicted molar refractivity (Wildman–Crippen MR) is 85.5 cm³/mol. The van der Waals surface area contributed by atoms with Crippen LogP contribution in [0.4, 0.5) is 13.2 Å². The van der Waals surface area contributed by atoms with Crippen LogP contribution in [0.2, 0.25) is 0 Å². The summed E-state index contributed by atoms with van der Waals surface area (Å²) in [5.41, 5.74) is 1.16. The van der Waals surface area contributed by atoms with E-state index in [1.54, 1.807) is 28.9 Å². The fraction of sp³-hybridized carbons (Fsp3) is 0.118. The number of fused-ring (bicyclic) bond motifs is 1. The average molecular weight is 346 g/mol. The molecule has 0 saturated carbocycles. The van der Waals surface area contributed by atoms with Gasteiger partial charge in [0.1, 0.15) is 5.69 Å². The number of nitrogens with zero attached hydrogens (tertiary/aromatic N) is 3. The zero-order valence-corrected chi connectivity index (χ0v) is 12.9. The fourth-order valence-electron chi connectivity index (χ4n) is 2.32. The molecule has 128 valence electrons. The van der Waals surface area contributed by atoms with Crippen molar-refractivity contribution in [3.63, 3.8) is 0 Å². The molecule has 0 fully saturated rings. The Morgan fingerprint density at radius 1 is 1.32 bits per heavy atom. The molecule has 3 aromatic rings. The van der Waals surface area contributed by atoms with Crippen LogP contribution in [0.1, 0.15) is 11.3 Å². The van der Waals surface area contributed by atoms with E-state index < -0.39 is 11.7 Å². The first kappa shape index (κ1) is 16.7. The van der Waals surface area contributed by atoms with Gasteiger partial charge < -0.3 is 9.72 Å². The molecule has 0 spiro atoms. The summed E-state index contributed by atoms with van der Waals surface area (Å²) in [7, 11) is 0. The summed E-state index contributed by atoms with van der Waals surface area (Å²) in [5.74, 6) is -0.344. The van der Waals surface area contributed by atoms with Crippen molar-refractivity contribution in [1.29, 1.82) is 0 Å². The molecular formula is C17H13F3N4O. The number of hydrogen-bond donors (Lipinski definition) is 1. The van der Waals surface area contributed by atoms with Gasteiger partial charge in [0, 0.05) is 18.6 Å². The van der Waals surface area contributed by atoms with Crippen molar-refractivity contribution in [3.8, 4) is 11.4 Å². The van der Waals surface area contributed by atoms with Gasteiger partial charge in [-0.3, -0.25) is 9.78 Å². The molecule has 3 rings (SSSR count). The molecule has 3 heterocycles. The second kappa shape index (κ2) is 6.39. The van der Waals surface area contributed by atoms with Crippen molar-refractivity contribution in [2.75, 3.05) is 0 Å². The third-order valence-electron chi connectivity index (χ3n) is 3.53. The van der Waals surface area contributed by atoms with Gasteiger partial charge in [0.05, 0.1) is 29.0 Å². The number of pyridine rings is 1. The van der Waals surface area contributed by atoms with Crippen molar-refractivity contribution < 1.29 is 18.0 Å². The largest absolute Gasteiger partial charge is 0.417 e. The molecule has 0 radical (unpaired) electrons. The minimum Gasteiger partial charge on any atom is -0.347 e. The molecule has 25 heavy (non-hydrogen) atoms. The Hall–Kier alpha value is -3.16. The van der Waals surface area contributed by atoms with Crippen LogP contribution < -0.4 is 5.32 Å². The Balaban J connectivity index is 2.01. The number of halogens is 3. The number of carbonyl (C=O) groups excluding carboxylic acids is 1. The van der Waals surface area contributed by atoms with Crippen LogP contribution >= 0.6 is 0 Å². The van der Waals surface area contributed by atoms with Gasteiger partial charge in [-0.25, -0.2) is 4.98 Å². The van der Waals surface area contributed by atoms with Gasteiger partial charge in [-0.15, -0.1) is 0 Å². The number of nitrogens with one attached hydrogen (secondary N) is 1. The number of amides is 1. The Bertz CT molecular complexity index is 929. The summed E-state index contributed by atoms with van der Waals surface area (Å²) in [4.78, 5) is 19.6. The van der Waals surface area contributed by atoms with E-state index in [0.29, 0.717) is 22.6 Å². The van der Waals surface area contributed by atoms with Crippen molar-refractivity contribution in [1.82, 2.24) is 19.7 Å². The van der Waals surface area contributed by atoms with E-state index in [4.69, 9.17) is 0 Å². The molecule has 8 heteroatoms. The highest BCUT2D eigenvalue weighted by atomic mass is 19.4. The van der Waals surface area contributed by atoms with Crippen molar-refractivity contribution in [3.05, 3.63) is 66.8 Å². The first-order valence-electron chi connectivity index (χ1n) is 7.29. The van der Waals surface area contributed by atoms with Crippen LogP contribution in [0.5, 0.6) is 0 Å². The summed E-state index contributed by atoms with van der Waals surface area (Å²) < 4.78 is 39.8. The van der Waals surface area contributed by atoms with Crippen LogP contribution in [0.25, 0.3) is 16.9 Å². The fourth-order valence-corrected chi connectivity index (χ4v) is 2.32. The highest BCUT2D eigenvalue weighted by Gasteiger charge is 2.30. The van der Waals surface area contributed by atoms with Gasteiger partial charge in [-0.05, 0) is 30.3 Å². The molecule has 0 aliphatic rings. The standard InChI is InChI=1S/C17H13F3N4O/c1-2-15(25)22-9-12-10-24-7-3-4-14(24)16(23-12)13-6-5-11(8-21-13)17(18,19)20/h2-8,10H,1,9H2,(H,22,25). The monoisotopic (exact) mass is 346 g/mol. The quantitative estimate of drug-likeness (QED) is 0.738. The summed E-state index contributed by atoms with van der Waals surface area (Å²) in [6, 6.07) is 5.82. The van der Waals surface area contributed by atoms with E-state index in [0.717, 1.165) is 18.3 Å². The lowest BCUT2D eigenvalue weighted by atomic mass is 10.2. The maximum atomic E-state index is 12.7. The van der Waals surface area contributed by atoms with E-state index in [1.807, 2.05) is 0 Å². The summed E-state index contributed by atoms with van der Waals surface area (Å²) in [6.07, 6.45) is 0.991. The molecule has 0 aliphatic carbocycles. The van der Waals surface area contributed by atoms with E-state index in [2.05, 4.69) is 21.9 Å². The lowest BCUT2D eigenvalue weighted by Crippen LogP contribution is -2.21. The minimum atomic E-state index is -4.44. The molecule has 3 aromatic heterocycles. The topological polar surface area (TPSA) is 59.3 Å². The molecule has 5 nitrogen and oxygen atoms in total. The molecule has 0 saturated heterocycles. The minimum absolute atomic E-state index is 0.159. The van der Waals surface area contributed by atoms with Crippen LogP contribution in [-0.4, -0.2) is 20.3 Å². The first-order valence-corrected chi connectivity index (χ1v) is 7.29. The van der Waals surface area contributed by atoms with E-state index in [1.165, 1.54) is 6.07 Å². The lowest BCUT2D eigenvalue weighted by molar-refractivity contribution is -0.137. The van der Waals surface area contributed by atoms with Crippen molar-refractivity contribution in [2.45, 2.75) is 12.7 Å². The van der Waals surface area contributed by atoms with Gasteiger partial charge >= 0.3 is 6.18 Å². The third kappa shape index (κ3) is 3.52. The van der Waals surface area contributed by atoms with E-state index in [9.17, 15) is 18.0 Å². The predicted octanol–water partition coefficient (Wildman–Crippen LogP) is 3.22. The maximum Gasteiger partial charge on any atom is 0.417 e. The molecule has 0 aromatic carbocycles. The number of aromatic nitrogens is 3. The molecule has 0 aliphatic heterocycles. The zero-order chi connectivity index (χ0) is 18.0. The molecule has 1 amide bonds. The maximum absolute atomic E-state index is 12.7. The Morgan fingerprint density at radius 2 is 2.12 bits per heavy atom. The van der Waals surface area contributed by atoms with Gasteiger partial charge in [0.2, 0.25) is 5.91 Å². The van der Waals surface area contributed by atoms with Crippen LogP contribution in [-0.2, 0) is 17.5 Å². The highest BCUT2D eigenvalue weighted by molar-refractivity contribution is 5.86. The first-order chi connectivity index (χ1) is 11.9. The van der Waals surface area contributed by atoms with E-state index >= 15 is 0 Å². The van der Waals surface area contributed by atoms with Gasteiger partial charge in [-0.1, -0.05) is 6.58 Å². The second-order valence-electron chi connectivity index (χ2n) is 5.23. The normalized spacial score (nSPS) is 11.5. The molecule has 0 atom stereocenters.